The summed E-state index contributed by atoms with van der Waals surface area (Å²) in [6.07, 6.45) is 0.964. The summed E-state index contributed by atoms with van der Waals surface area (Å²) in [5, 5.41) is 5.30. The highest BCUT2D eigenvalue weighted by molar-refractivity contribution is 5.88. The fourth-order valence-electron chi connectivity index (χ4n) is 3.86. The summed E-state index contributed by atoms with van der Waals surface area (Å²) in [5.41, 5.74) is 2.10. The number of nitrogens with zero attached hydrogens (tertiary/aromatic N) is 1. The molecule has 0 saturated carbocycles. The van der Waals surface area contributed by atoms with E-state index in [0.717, 1.165) is 22.3 Å². The molecular weight excluding hydrogens is 412 g/mol. The van der Waals surface area contributed by atoms with E-state index >= 15 is 0 Å². The van der Waals surface area contributed by atoms with Crippen molar-refractivity contribution in [1.29, 1.82) is 0 Å². The van der Waals surface area contributed by atoms with Gasteiger partial charge in [-0.2, -0.15) is 0 Å². The topological polar surface area (TPSA) is 58.6 Å². The molecule has 5 nitrogen and oxygen atoms in total. The van der Waals surface area contributed by atoms with Crippen LogP contribution in [0.3, 0.4) is 0 Å². The summed E-state index contributed by atoms with van der Waals surface area (Å²) in [5.74, 6) is 0.940. The molecule has 0 spiro atoms. The summed E-state index contributed by atoms with van der Waals surface area (Å²) < 4.78 is 5.24. The zero-order valence-electron chi connectivity index (χ0n) is 20.0. The van der Waals surface area contributed by atoms with Gasteiger partial charge in [-0.25, -0.2) is 0 Å². The number of rotatable bonds is 10. The average Bonchev–Trinajstić information content (AvgIpc) is 2.84. The number of methoxy groups -OCH3 is 1. The van der Waals surface area contributed by atoms with Crippen LogP contribution in [0.5, 0.6) is 5.75 Å². The van der Waals surface area contributed by atoms with E-state index in [1.165, 1.54) is 5.39 Å². The van der Waals surface area contributed by atoms with Gasteiger partial charge in [0.05, 0.1) is 7.11 Å². The van der Waals surface area contributed by atoms with E-state index in [1.54, 1.807) is 18.9 Å². The van der Waals surface area contributed by atoms with Crippen LogP contribution in [-0.4, -0.2) is 36.4 Å². The Morgan fingerprint density at radius 1 is 0.939 bits per heavy atom. The second-order valence-corrected chi connectivity index (χ2v) is 8.82. The van der Waals surface area contributed by atoms with Gasteiger partial charge in [0, 0.05) is 19.5 Å². The first-order valence-corrected chi connectivity index (χ1v) is 11.6. The minimum atomic E-state index is -0.564. The van der Waals surface area contributed by atoms with Crippen LogP contribution in [0.15, 0.2) is 66.7 Å². The number of aryl methyl sites for hydroxylation is 1. The highest BCUT2D eigenvalue weighted by Gasteiger charge is 2.26. The predicted octanol–water partition coefficient (Wildman–Crippen LogP) is 4.97. The molecule has 0 saturated heterocycles. The SMILES string of the molecule is COc1ccc(CN(C(=O)CCc2cccc3ccccc23)[C@@H](C)C(=O)NCC(C)C)cc1. The number of benzene rings is 3. The summed E-state index contributed by atoms with van der Waals surface area (Å²) >= 11 is 0. The number of carbonyl (C=O) groups is 2. The second-order valence-electron chi connectivity index (χ2n) is 8.82. The predicted molar refractivity (Wildman–Crippen MR) is 133 cm³/mol. The molecule has 1 N–H and O–H groups in total. The Morgan fingerprint density at radius 3 is 2.33 bits per heavy atom. The van der Waals surface area contributed by atoms with Crippen LogP contribution in [0, 0.1) is 5.92 Å². The van der Waals surface area contributed by atoms with Crippen molar-refractivity contribution in [2.75, 3.05) is 13.7 Å². The van der Waals surface area contributed by atoms with Crippen molar-refractivity contribution in [2.24, 2.45) is 5.92 Å². The fourth-order valence-corrected chi connectivity index (χ4v) is 3.86. The molecule has 0 heterocycles. The summed E-state index contributed by atoms with van der Waals surface area (Å²) in [4.78, 5) is 27.9. The van der Waals surface area contributed by atoms with Crippen molar-refractivity contribution in [3.63, 3.8) is 0 Å². The summed E-state index contributed by atoms with van der Waals surface area (Å²) in [7, 11) is 1.62. The molecule has 174 valence electrons. The van der Waals surface area contributed by atoms with Crippen LogP contribution in [0.4, 0.5) is 0 Å². The van der Waals surface area contributed by atoms with Crippen LogP contribution in [0.25, 0.3) is 10.8 Å². The fraction of sp³-hybridized carbons (Fsp3) is 0.357. The average molecular weight is 447 g/mol. The Morgan fingerprint density at radius 2 is 1.64 bits per heavy atom. The van der Waals surface area contributed by atoms with Crippen LogP contribution in [0.2, 0.25) is 0 Å². The van der Waals surface area contributed by atoms with E-state index in [0.29, 0.717) is 31.8 Å². The molecule has 0 radical (unpaired) electrons. The van der Waals surface area contributed by atoms with Gasteiger partial charge in [0.25, 0.3) is 0 Å². The second kappa shape index (κ2) is 11.5. The lowest BCUT2D eigenvalue weighted by Crippen LogP contribution is -2.48. The van der Waals surface area contributed by atoms with Crippen molar-refractivity contribution >= 4 is 22.6 Å². The lowest BCUT2D eigenvalue weighted by molar-refractivity contribution is -0.140. The standard InChI is InChI=1S/C28H34N2O3/c1-20(2)18-29-28(32)21(3)30(19-22-12-15-25(33-4)16-13-22)27(31)17-14-24-10-7-9-23-8-5-6-11-26(23)24/h5-13,15-16,20-21H,14,17-19H2,1-4H3,(H,29,32)/t21-/m0/s1. The Labute approximate surface area is 196 Å². The van der Waals surface area contributed by atoms with Gasteiger partial charge in [-0.15, -0.1) is 0 Å². The molecule has 0 aliphatic rings. The molecule has 33 heavy (non-hydrogen) atoms. The number of nitrogens with one attached hydrogen (secondary N) is 1. The molecule has 0 aromatic heterocycles. The lowest BCUT2D eigenvalue weighted by atomic mass is 10.0. The van der Waals surface area contributed by atoms with Crippen molar-refractivity contribution in [3.8, 4) is 5.75 Å². The highest BCUT2D eigenvalue weighted by Crippen LogP contribution is 2.21. The Bertz CT molecular complexity index is 1070. The van der Waals surface area contributed by atoms with Crippen LogP contribution >= 0.6 is 0 Å². The molecule has 0 bridgehead atoms. The number of carbonyl (C=O) groups excluding carboxylic acids is 2. The number of ether oxygens (including phenoxy) is 1. The molecule has 5 heteroatoms. The normalized spacial score (nSPS) is 11.9. The number of hydrogen-bond donors (Lipinski definition) is 1. The first-order chi connectivity index (χ1) is 15.9. The maximum Gasteiger partial charge on any atom is 0.242 e. The van der Waals surface area contributed by atoms with Crippen LogP contribution in [0.1, 0.15) is 38.3 Å². The van der Waals surface area contributed by atoms with Gasteiger partial charge in [0.15, 0.2) is 0 Å². The maximum absolute atomic E-state index is 13.4. The van der Waals surface area contributed by atoms with E-state index in [9.17, 15) is 9.59 Å². The zero-order chi connectivity index (χ0) is 23.8. The van der Waals surface area contributed by atoms with E-state index in [4.69, 9.17) is 4.74 Å². The monoisotopic (exact) mass is 446 g/mol. The molecule has 3 aromatic carbocycles. The molecule has 1 atom stereocenters. The van der Waals surface area contributed by atoms with Crippen molar-refractivity contribution in [3.05, 3.63) is 77.9 Å². The molecule has 0 fully saturated rings. The third-order valence-electron chi connectivity index (χ3n) is 5.85. The largest absolute Gasteiger partial charge is 0.497 e. The highest BCUT2D eigenvalue weighted by atomic mass is 16.5. The number of fused-ring (bicyclic) bond motifs is 1. The maximum atomic E-state index is 13.4. The van der Waals surface area contributed by atoms with Crippen molar-refractivity contribution < 1.29 is 14.3 Å². The molecule has 0 aliphatic heterocycles. The molecular formula is C28H34N2O3. The first-order valence-electron chi connectivity index (χ1n) is 11.6. The first kappa shape index (κ1) is 24.3. The minimum Gasteiger partial charge on any atom is -0.497 e. The zero-order valence-corrected chi connectivity index (χ0v) is 20.0. The Kier molecular flexibility index (Phi) is 8.47. The Hall–Kier alpha value is -3.34. The summed E-state index contributed by atoms with van der Waals surface area (Å²) in [6, 6.07) is 21.4. The van der Waals surface area contributed by atoms with Crippen LogP contribution < -0.4 is 10.1 Å². The van der Waals surface area contributed by atoms with E-state index < -0.39 is 6.04 Å². The number of hydrogen-bond acceptors (Lipinski definition) is 3. The van der Waals surface area contributed by atoms with Crippen LogP contribution in [-0.2, 0) is 22.6 Å². The summed E-state index contributed by atoms with van der Waals surface area (Å²) in [6.45, 7) is 6.86. The Balaban J connectivity index is 1.77. The van der Waals surface area contributed by atoms with Crippen molar-refractivity contribution in [1.82, 2.24) is 10.2 Å². The van der Waals surface area contributed by atoms with Gasteiger partial charge in [-0.3, -0.25) is 9.59 Å². The third kappa shape index (κ3) is 6.58. The van der Waals surface area contributed by atoms with Crippen molar-refractivity contribution in [2.45, 2.75) is 46.2 Å². The molecule has 0 unspecified atom stereocenters. The van der Waals surface area contributed by atoms with E-state index in [1.807, 2.05) is 42.5 Å². The smallest absolute Gasteiger partial charge is 0.242 e. The number of amides is 2. The third-order valence-corrected chi connectivity index (χ3v) is 5.85. The van der Waals surface area contributed by atoms with Gasteiger partial charge in [0.2, 0.25) is 11.8 Å². The van der Waals surface area contributed by atoms with Gasteiger partial charge in [-0.1, -0.05) is 68.4 Å². The van der Waals surface area contributed by atoms with Gasteiger partial charge < -0.3 is 15.0 Å². The molecule has 3 rings (SSSR count). The van der Waals surface area contributed by atoms with Gasteiger partial charge >= 0.3 is 0 Å². The molecule has 3 aromatic rings. The van der Waals surface area contributed by atoms with Gasteiger partial charge in [0.1, 0.15) is 11.8 Å². The minimum absolute atomic E-state index is 0.0362. The quantitative estimate of drug-likeness (QED) is 0.478. The molecule has 0 aliphatic carbocycles. The lowest BCUT2D eigenvalue weighted by Gasteiger charge is -2.29. The van der Waals surface area contributed by atoms with E-state index in [-0.39, 0.29) is 11.8 Å². The van der Waals surface area contributed by atoms with E-state index in [2.05, 4.69) is 43.4 Å². The van der Waals surface area contributed by atoms with Gasteiger partial charge in [-0.05, 0) is 53.3 Å². The molecule has 2 amide bonds.